The summed E-state index contributed by atoms with van der Waals surface area (Å²) in [6.07, 6.45) is -1.61. The van der Waals surface area contributed by atoms with Crippen molar-refractivity contribution in [1.82, 2.24) is 24.9 Å². The summed E-state index contributed by atoms with van der Waals surface area (Å²) in [6, 6.07) is 2.74. The second-order valence-electron chi connectivity index (χ2n) is 5.30. The lowest BCUT2D eigenvalue weighted by molar-refractivity contribution is -0.154. The molecule has 3 rings (SSSR count). The molecule has 0 saturated carbocycles. The predicted octanol–water partition coefficient (Wildman–Crippen LogP) is 1.41. The molecule has 0 radical (unpaired) electrons. The number of alkyl halides is 3. The van der Waals surface area contributed by atoms with E-state index in [1.165, 1.54) is 24.5 Å². The average molecular weight is 381 g/mol. The number of pyridine rings is 1. The maximum absolute atomic E-state index is 12.3. The number of ether oxygens (including phenoxy) is 1. The fourth-order valence-corrected chi connectivity index (χ4v) is 2.11. The summed E-state index contributed by atoms with van der Waals surface area (Å²) in [5, 5.41) is 11.9. The van der Waals surface area contributed by atoms with Gasteiger partial charge in [0.1, 0.15) is 5.52 Å². The van der Waals surface area contributed by atoms with E-state index >= 15 is 0 Å². The third-order valence-corrected chi connectivity index (χ3v) is 3.23. The summed E-state index contributed by atoms with van der Waals surface area (Å²) in [4.78, 5) is 20.4. The van der Waals surface area contributed by atoms with Crippen molar-refractivity contribution < 1.29 is 23.0 Å². The van der Waals surface area contributed by atoms with E-state index in [2.05, 4.69) is 35.0 Å². The molecule has 9 nitrogen and oxygen atoms in total. The molecule has 0 aliphatic heterocycles. The fraction of sp³-hybridized carbons (Fsp3) is 0.267. The number of rotatable bonds is 6. The topological polar surface area (TPSA) is 132 Å². The highest BCUT2D eigenvalue weighted by Crippen LogP contribution is 2.26. The van der Waals surface area contributed by atoms with Crippen LogP contribution in [0.4, 0.5) is 24.9 Å². The van der Waals surface area contributed by atoms with E-state index in [4.69, 9.17) is 10.8 Å². The molecule has 0 unspecified atom stereocenters. The maximum Gasteiger partial charge on any atom is 0.422 e. The van der Waals surface area contributed by atoms with Crippen molar-refractivity contribution in [2.45, 2.75) is 6.18 Å². The monoisotopic (exact) mass is 381 g/mol. The summed E-state index contributed by atoms with van der Waals surface area (Å²) in [5.74, 6) is 0.345. The van der Waals surface area contributed by atoms with Crippen LogP contribution in [0.1, 0.15) is 0 Å². The van der Waals surface area contributed by atoms with E-state index in [1.54, 1.807) is 0 Å². The van der Waals surface area contributed by atoms with Crippen LogP contribution in [0.25, 0.3) is 22.4 Å². The molecule has 0 atom stereocenters. The van der Waals surface area contributed by atoms with Gasteiger partial charge in [0, 0.05) is 25.0 Å². The van der Waals surface area contributed by atoms with Gasteiger partial charge >= 0.3 is 6.18 Å². The number of halogens is 3. The second kappa shape index (κ2) is 7.53. The largest absolute Gasteiger partial charge is 0.468 e. The number of nitrogen functional groups attached to an aromatic ring is 1. The number of aliphatic hydroxyl groups is 1. The molecule has 3 aromatic heterocycles. The lowest BCUT2D eigenvalue weighted by atomic mass is 10.3. The number of hydrogen-bond donors (Lipinski definition) is 3. The third-order valence-electron chi connectivity index (χ3n) is 3.23. The van der Waals surface area contributed by atoms with Gasteiger partial charge in [0.05, 0.1) is 17.7 Å². The highest BCUT2D eigenvalue weighted by Gasteiger charge is 2.28. The van der Waals surface area contributed by atoms with Crippen LogP contribution in [0.3, 0.4) is 0 Å². The molecule has 0 saturated heterocycles. The van der Waals surface area contributed by atoms with Crippen LogP contribution in [-0.2, 0) is 0 Å². The van der Waals surface area contributed by atoms with Gasteiger partial charge < -0.3 is 20.9 Å². The van der Waals surface area contributed by atoms with Crippen LogP contribution >= 0.6 is 0 Å². The number of hydrogen-bond acceptors (Lipinski definition) is 9. The Hall–Kier alpha value is -3.28. The van der Waals surface area contributed by atoms with Gasteiger partial charge in [-0.05, 0) is 6.07 Å². The zero-order valence-electron chi connectivity index (χ0n) is 13.7. The molecule has 4 N–H and O–H groups in total. The molecular weight excluding hydrogens is 367 g/mol. The van der Waals surface area contributed by atoms with Crippen molar-refractivity contribution in [2.24, 2.45) is 0 Å². The first-order chi connectivity index (χ1) is 12.9. The van der Waals surface area contributed by atoms with E-state index < -0.39 is 12.8 Å². The number of nitrogens with two attached hydrogens (primary N) is 1. The lowest BCUT2D eigenvalue weighted by Crippen LogP contribution is -2.19. The molecule has 27 heavy (non-hydrogen) atoms. The number of anilines is 2. The van der Waals surface area contributed by atoms with Crippen molar-refractivity contribution in [2.75, 3.05) is 30.8 Å². The Labute approximate surface area is 150 Å². The normalized spacial score (nSPS) is 11.6. The number of aliphatic hydroxyl groups excluding tert-OH is 1. The van der Waals surface area contributed by atoms with Gasteiger partial charge in [0.2, 0.25) is 11.8 Å². The summed E-state index contributed by atoms with van der Waals surface area (Å²) >= 11 is 0. The first-order valence-corrected chi connectivity index (χ1v) is 7.67. The average Bonchev–Trinajstić information content (AvgIpc) is 2.64. The molecule has 0 fully saturated rings. The van der Waals surface area contributed by atoms with Gasteiger partial charge in [-0.2, -0.15) is 13.2 Å². The lowest BCUT2D eigenvalue weighted by Gasteiger charge is -2.12. The smallest absolute Gasteiger partial charge is 0.422 e. The Morgan fingerprint density at radius 2 is 1.85 bits per heavy atom. The fourth-order valence-electron chi connectivity index (χ4n) is 2.11. The second-order valence-corrected chi connectivity index (χ2v) is 5.30. The molecule has 0 aliphatic carbocycles. The van der Waals surface area contributed by atoms with E-state index in [0.29, 0.717) is 11.1 Å². The minimum Gasteiger partial charge on any atom is -0.468 e. The summed E-state index contributed by atoms with van der Waals surface area (Å²) in [6.45, 7) is -1.50. The molecule has 12 heteroatoms. The molecule has 3 aromatic rings. The number of fused-ring (bicyclic) bond motifs is 1. The molecule has 0 amide bonds. The number of nitrogens with zero attached hydrogens (tertiary/aromatic N) is 5. The Morgan fingerprint density at radius 3 is 2.52 bits per heavy atom. The van der Waals surface area contributed by atoms with Crippen LogP contribution in [0.2, 0.25) is 0 Å². The molecule has 142 valence electrons. The van der Waals surface area contributed by atoms with Gasteiger partial charge in [-0.1, -0.05) is 0 Å². The first-order valence-electron chi connectivity index (χ1n) is 7.67. The van der Waals surface area contributed by atoms with Crippen molar-refractivity contribution >= 4 is 22.8 Å². The Kier molecular flexibility index (Phi) is 5.16. The zero-order valence-corrected chi connectivity index (χ0v) is 13.7. The quantitative estimate of drug-likeness (QED) is 0.580. The molecule has 0 bridgehead atoms. The summed E-state index contributed by atoms with van der Waals surface area (Å²) < 4.78 is 41.7. The van der Waals surface area contributed by atoms with Crippen molar-refractivity contribution in [1.29, 1.82) is 0 Å². The van der Waals surface area contributed by atoms with Gasteiger partial charge in [-0.25, -0.2) is 24.9 Å². The SMILES string of the molecule is Nc1ncc(-c2nc(NCCO)c3nc(OCC(F)(F)F)ccc3n2)cn1. The zero-order chi connectivity index (χ0) is 19.4. The highest BCUT2D eigenvalue weighted by molar-refractivity contribution is 5.87. The van der Waals surface area contributed by atoms with Crippen LogP contribution in [0.15, 0.2) is 24.5 Å². The van der Waals surface area contributed by atoms with Crippen molar-refractivity contribution in [3.05, 3.63) is 24.5 Å². The highest BCUT2D eigenvalue weighted by atomic mass is 19.4. The Bertz CT molecular complexity index is 935. The maximum atomic E-state index is 12.3. The number of aromatic nitrogens is 5. The third kappa shape index (κ3) is 4.67. The van der Waals surface area contributed by atoms with Crippen LogP contribution in [-0.4, -0.2) is 56.0 Å². The minimum absolute atomic E-state index is 0.0892. The van der Waals surface area contributed by atoms with Crippen molar-refractivity contribution in [3.8, 4) is 17.3 Å². The first kappa shape index (κ1) is 18.5. The van der Waals surface area contributed by atoms with Crippen LogP contribution in [0, 0.1) is 0 Å². The van der Waals surface area contributed by atoms with E-state index in [0.717, 1.165) is 0 Å². The van der Waals surface area contributed by atoms with Crippen LogP contribution < -0.4 is 15.8 Å². The molecule has 0 aliphatic rings. The van der Waals surface area contributed by atoms with E-state index in [9.17, 15) is 13.2 Å². The standard InChI is InChI=1S/C15H14F3N7O2/c16-15(17,18)7-27-10-2-1-9-11(24-10)13(20-3-4-26)25-12(23-9)8-5-21-14(19)22-6-8/h1-2,5-6,26H,3-4,7H2,(H2,19,21,22)(H,20,23,25). The van der Waals surface area contributed by atoms with Gasteiger partial charge in [-0.15, -0.1) is 0 Å². The van der Waals surface area contributed by atoms with Gasteiger partial charge in [0.25, 0.3) is 0 Å². The van der Waals surface area contributed by atoms with Crippen molar-refractivity contribution in [3.63, 3.8) is 0 Å². The summed E-state index contributed by atoms with van der Waals surface area (Å²) in [7, 11) is 0. The number of nitrogens with one attached hydrogen (secondary N) is 1. The van der Waals surface area contributed by atoms with Crippen LogP contribution in [0.5, 0.6) is 5.88 Å². The Balaban J connectivity index is 2.02. The summed E-state index contributed by atoms with van der Waals surface area (Å²) in [5.41, 5.74) is 6.50. The van der Waals surface area contributed by atoms with Gasteiger partial charge in [0.15, 0.2) is 18.2 Å². The van der Waals surface area contributed by atoms with E-state index in [-0.39, 0.29) is 42.1 Å². The molecule has 0 aromatic carbocycles. The molecule has 0 spiro atoms. The molecular formula is C15H14F3N7O2. The van der Waals surface area contributed by atoms with E-state index in [1.807, 2.05) is 0 Å². The minimum atomic E-state index is -4.48. The predicted molar refractivity (Wildman–Crippen MR) is 89.9 cm³/mol. The molecule has 3 heterocycles. The van der Waals surface area contributed by atoms with Gasteiger partial charge in [-0.3, -0.25) is 0 Å². The Morgan fingerprint density at radius 1 is 1.11 bits per heavy atom.